The van der Waals surface area contributed by atoms with E-state index in [4.69, 9.17) is 4.74 Å². The first-order chi connectivity index (χ1) is 10.6. The number of amides is 1. The van der Waals surface area contributed by atoms with E-state index in [1.807, 2.05) is 44.2 Å². The SMILES string of the molecule is Cc1ccc2cc(C(=O)N3C[C@H](CO)OC[C@@H]3C)ccc2n1. The summed E-state index contributed by atoms with van der Waals surface area (Å²) in [7, 11) is 0. The molecule has 5 nitrogen and oxygen atoms in total. The van der Waals surface area contributed by atoms with Crippen molar-refractivity contribution < 1.29 is 14.6 Å². The van der Waals surface area contributed by atoms with Gasteiger partial charge < -0.3 is 14.7 Å². The third-order valence-electron chi connectivity index (χ3n) is 4.05. The van der Waals surface area contributed by atoms with Crippen LogP contribution in [0.4, 0.5) is 0 Å². The fraction of sp³-hybridized carbons (Fsp3) is 0.412. The Bertz CT molecular complexity index is 701. The molecule has 0 saturated carbocycles. The second kappa shape index (κ2) is 6.02. The average molecular weight is 300 g/mol. The number of aryl methyl sites for hydroxylation is 1. The number of fused-ring (bicyclic) bond motifs is 1. The summed E-state index contributed by atoms with van der Waals surface area (Å²) < 4.78 is 5.49. The van der Waals surface area contributed by atoms with E-state index in [9.17, 15) is 9.90 Å². The summed E-state index contributed by atoms with van der Waals surface area (Å²) in [5.74, 6) is -0.0308. The first-order valence-corrected chi connectivity index (χ1v) is 7.49. The maximum atomic E-state index is 12.8. The van der Waals surface area contributed by atoms with Crippen LogP contribution in [0.5, 0.6) is 0 Å². The van der Waals surface area contributed by atoms with Crippen LogP contribution in [0.1, 0.15) is 23.0 Å². The molecule has 0 radical (unpaired) electrons. The van der Waals surface area contributed by atoms with Crippen molar-refractivity contribution in [3.63, 3.8) is 0 Å². The quantitative estimate of drug-likeness (QED) is 0.918. The molecule has 5 heteroatoms. The predicted molar refractivity (Wildman–Crippen MR) is 83.8 cm³/mol. The molecule has 22 heavy (non-hydrogen) atoms. The third kappa shape index (κ3) is 2.82. The monoisotopic (exact) mass is 300 g/mol. The molecular weight excluding hydrogens is 280 g/mol. The van der Waals surface area contributed by atoms with Crippen molar-refractivity contribution in [2.45, 2.75) is 26.0 Å². The van der Waals surface area contributed by atoms with Crippen molar-refractivity contribution in [2.75, 3.05) is 19.8 Å². The molecule has 1 aliphatic rings. The number of ether oxygens (including phenoxy) is 1. The molecule has 1 fully saturated rings. The van der Waals surface area contributed by atoms with E-state index in [0.717, 1.165) is 16.6 Å². The largest absolute Gasteiger partial charge is 0.394 e. The number of benzene rings is 1. The van der Waals surface area contributed by atoms with E-state index >= 15 is 0 Å². The number of hydrogen-bond acceptors (Lipinski definition) is 4. The standard InChI is InChI=1S/C17H20N2O3/c1-11-3-4-13-7-14(5-6-16(13)18-11)17(21)19-8-15(9-20)22-10-12(19)2/h3-7,12,15,20H,8-10H2,1-2H3/t12-,15+/m0/s1. The summed E-state index contributed by atoms with van der Waals surface area (Å²) in [5, 5.41) is 10.2. The normalized spacial score (nSPS) is 22.0. The van der Waals surface area contributed by atoms with Crippen LogP contribution in [0, 0.1) is 6.92 Å². The van der Waals surface area contributed by atoms with Crippen LogP contribution >= 0.6 is 0 Å². The van der Waals surface area contributed by atoms with Crippen LogP contribution in [0.15, 0.2) is 30.3 Å². The average Bonchev–Trinajstić information content (AvgIpc) is 2.54. The highest BCUT2D eigenvalue weighted by molar-refractivity contribution is 5.98. The van der Waals surface area contributed by atoms with Crippen LogP contribution in [0.3, 0.4) is 0 Å². The fourth-order valence-electron chi connectivity index (χ4n) is 2.74. The molecule has 1 N–H and O–H groups in total. The van der Waals surface area contributed by atoms with E-state index in [1.54, 1.807) is 4.90 Å². The molecule has 2 heterocycles. The predicted octanol–water partition coefficient (Wildman–Crippen LogP) is 1.77. The van der Waals surface area contributed by atoms with Gasteiger partial charge in [-0.25, -0.2) is 0 Å². The van der Waals surface area contributed by atoms with Gasteiger partial charge in [0.05, 0.1) is 30.9 Å². The van der Waals surface area contributed by atoms with Gasteiger partial charge >= 0.3 is 0 Å². The van der Waals surface area contributed by atoms with E-state index < -0.39 is 0 Å². The highest BCUT2D eigenvalue weighted by Crippen LogP contribution is 2.19. The van der Waals surface area contributed by atoms with Crippen LogP contribution in [-0.2, 0) is 4.74 Å². The van der Waals surface area contributed by atoms with E-state index in [0.29, 0.717) is 18.7 Å². The highest BCUT2D eigenvalue weighted by Gasteiger charge is 2.29. The van der Waals surface area contributed by atoms with Crippen LogP contribution < -0.4 is 0 Å². The lowest BCUT2D eigenvalue weighted by atomic mass is 10.1. The van der Waals surface area contributed by atoms with Gasteiger partial charge in [0.25, 0.3) is 5.91 Å². The number of nitrogens with zero attached hydrogens (tertiary/aromatic N) is 2. The van der Waals surface area contributed by atoms with Crippen LogP contribution in [0.25, 0.3) is 10.9 Å². The van der Waals surface area contributed by atoms with Gasteiger partial charge in [-0.2, -0.15) is 0 Å². The molecule has 1 aliphatic heterocycles. The van der Waals surface area contributed by atoms with E-state index in [-0.39, 0.29) is 24.7 Å². The Balaban J connectivity index is 1.89. The van der Waals surface area contributed by atoms with Crippen LogP contribution in [0.2, 0.25) is 0 Å². The molecule has 0 spiro atoms. The molecule has 1 aromatic carbocycles. The number of rotatable bonds is 2. The summed E-state index contributed by atoms with van der Waals surface area (Å²) in [6.45, 7) is 4.70. The number of aliphatic hydroxyl groups is 1. The van der Waals surface area contributed by atoms with Crippen molar-refractivity contribution in [2.24, 2.45) is 0 Å². The molecule has 2 atom stereocenters. The van der Waals surface area contributed by atoms with Gasteiger partial charge in [0.1, 0.15) is 0 Å². The van der Waals surface area contributed by atoms with Crippen molar-refractivity contribution in [1.82, 2.24) is 9.88 Å². The third-order valence-corrected chi connectivity index (χ3v) is 4.05. The minimum Gasteiger partial charge on any atom is -0.394 e. The molecule has 1 aromatic heterocycles. The van der Waals surface area contributed by atoms with Gasteiger partial charge in [0, 0.05) is 23.2 Å². The minimum atomic E-state index is -0.301. The molecule has 1 amide bonds. The summed E-state index contributed by atoms with van der Waals surface area (Å²) in [6.07, 6.45) is -0.301. The number of hydrogen-bond donors (Lipinski definition) is 1. The zero-order chi connectivity index (χ0) is 15.7. The maximum absolute atomic E-state index is 12.8. The Morgan fingerprint density at radius 2 is 2.23 bits per heavy atom. The smallest absolute Gasteiger partial charge is 0.254 e. The molecule has 0 bridgehead atoms. The molecule has 116 valence electrons. The molecule has 0 unspecified atom stereocenters. The van der Waals surface area contributed by atoms with E-state index in [1.165, 1.54) is 0 Å². The number of aliphatic hydroxyl groups excluding tert-OH is 1. The Labute approximate surface area is 129 Å². The second-order valence-electron chi connectivity index (χ2n) is 5.80. The number of pyridine rings is 1. The number of carbonyl (C=O) groups excluding carboxylic acids is 1. The Morgan fingerprint density at radius 3 is 3.00 bits per heavy atom. The second-order valence-corrected chi connectivity index (χ2v) is 5.80. The van der Waals surface area contributed by atoms with Crippen molar-refractivity contribution in [1.29, 1.82) is 0 Å². The van der Waals surface area contributed by atoms with Crippen molar-refractivity contribution in [3.8, 4) is 0 Å². The van der Waals surface area contributed by atoms with Gasteiger partial charge in [0.2, 0.25) is 0 Å². The Morgan fingerprint density at radius 1 is 1.41 bits per heavy atom. The van der Waals surface area contributed by atoms with Gasteiger partial charge in [-0.3, -0.25) is 9.78 Å². The topological polar surface area (TPSA) is 62.7 Å². The molecule has 1 saturated heterocycles. The number of aromatic nitrogens is 1. The molecular formula is C17H20N2O3. The van der Waals surface area contributed by atoms with Gasteiger partial charge in [-0.05, 0) is 38.1 Å². The first-order valence-electron chi connectivity index (χ1n) is 7.49. The molecule has 0 aliphatic carbocycles. The Kier molecular flexibility index (Phi) is 4.09. The minimum absolute atomic E-state index is 0.00198. The first kappa shape index (κ1) is 14.9. The summed E-state index contributed by atoms with van der Waals surface area (Å²) in [6, 6.07) is 9.49. The Hall–Kier alpha value is -1.98. The number of carbonyl (C=O) groups is 1. The van der Waals surface area contributed by atoms with Gasteiger partial charge in [-0.15, -0.1) is 0 Å². The van der Waals surface area contributed by atoms with Gasteiger partial charge in [0.15, 0.2) is 0 Å². The number of morpholine rings is 1. The zero-order valence-electron chi connectivity index (χ0n) is 12.8. The van der Waals surface area contributed by atoms with Crippen molar-refractivity contribution in [3.05, 3.63) is 41.6 Å². The lowest BCUT2D eigenvalue weighted by Gasteiger charge is -2.37. The fourth-order valence-corrected chi connectivity index (χ4v) is 2.74. The maximum Gasteiger partial charge on any atom is 0.254 e. The van der Waals surface area contributed by atoms with Crippen LogP contribution in [-0.4, -0.2) is 52.8 Å². The summed E-state index contributed by atoms with van der Waals surface area (Å²) in [5.41, 5.74) is 2.49. The van der Waals surface area contributed by atoms with E-state index in [2.05, 4.69) is 4.98 Å². The zero-order valence-corrected chi connectivity index (χ0v) is 12.8. The van der Waals surface area contributed by atoms with Gasteiger partial charge in [-0.1, -0.05) is 6.07 Å². The molecule has 2 aromatic rings. The lowest BCUT2D eigenvalue weighted by Crippen LogP contribution is -2.52. The van der Waals surface area contributed by atoms with Crippen molar-refractivity contribution >= 4 is 16.8 Å². The molecule has 3 rings (SSSR count). The highest BCUT2D eigenvalue weighted by atomic mass is 16.5. The lowest BCUT2D eigenvalue weighted by molar-refractivity contribution is -0.0667. The summed E-state index contributed by atoms with van der Waals surface area (Å²) in [4.78, 5) is 19.0. The summed E-state index contributed by atoms with van der Waals surface area (Å²) >= 11 is 0.